The second-order valence-corrected chi connectivity index (χ2v) is 6.98. The van der Waals surface area contributed by atoms with Gasteiger partial charge in [0.05, 0.1) is 23.0 Å². The Hall–Kier alpha value is -2.68. The van der Waals surface area contributed by atoms with Crippen molar-refractivity contribution in [2.45, 2.75) is 26.1 Å². The average Bonchev–Trinajstić information content (AvgIpc) is 2.95. The van der Waals surface area contributed by atoms with Crippen LogP contribution in [0.25, 0.3) is 10.2 Å². The second kappa shape index (κ2) is 6.56. The maximum absolute atomic E-state index is 13.0. The van der Waals surface area contributed by atoms with Crippen LogP contribution >= 0.6 is 11.3 Å². The van der Waals surface area contributed by atoms with Crippen LogP contribution in [0.3, 0.4) is 0 Å². The molecular formula is C17H14F3N3O2S. The third-order valence-electron chi connectivity index (χ3n) is 3.89. The Labute approximate surface area is 150 Å². The number of benzene rings is 1. The molecule has 3 rings (SSSR count). The zero-order valence-corrected chi connectivity index (χ0v) is 14.6. The first-order chi connectivity index (χ1) is 12.2. The zero-order valence-electron chi connectivity index (χ0n) is 13.8. The Morgan fingerprint density at radius 2 is 2.00 bits per heavy atom. The normalized spacial score (nSPS) is 13.0. The monoisotopic (exact) mass is 381 g/mol. The number of para-hydroxylation sites is 1. The van der Waals surface area contributed by atoms with E-state index in [0.717, 1.165) is 15.5 Å². The number of hydrogen-bond donors (Lipinski definition) is 1. The van der Waals surface area contributed by atoms with Crippen LogP contribution in [0, 0.1) is 6.92 Å². The Bertz CT molecular complexity index is 1040. The van der Waals surface area contributed by atoms with E-state index in [-0.39, 0.29) is 5.69 Å². The molecule has 2 heterocycles. The fourth-order valence-electron chi connectivity index (χ4n) is 2.54. The van der Waals surface area contributed by atoms with Crippen molar-refractivity contribution in [1.82, 2.24) is 9.55 Å². The highest BCUT2D eigenvalue weighted by Crippen LogP contribution is 2.34. The summed E-state index contributed by atoms with van der Waals surface area (Å²) in [5, 5.41) is 2.63. The second-order valence-electron chi connectivity index (χ2n) is 5.74. The van der Waals surface area contributed by atoms with E-state index in [2.05, 4.69) is 10.3 Å². The molecule has 0 radical (unpaired) electrons. The van der Waals surface area contributed by atoms with Gasteiger partial charge >= 0.3 is 6.18 Å². The van der Waals surface area contributed by atoms with Gasteiger partial charge in [-0.05, 0) is 32.0 Å². The van der Waals surface area contributed by atoms with Gasteiger partial charge in [0.1, 0.15) is 10.9 Å². The minimum absolute atomic E-state index is 0.356. The third-order valence-corrected chi connectivity index (χ3v) is 4.85. The van der Waals surface area contributed by atoms with Crippen LogP contribution in [-0.2, 0) is 11.0 Å². The molecule has 0 bridgehead atoms. The van der Waals surface area contributed by atoms with Gasteiger partial charge in [-0.25, -0.2) is 4.98 Å². The van der Waals surface area contributed by atoms with Crippen LogP contribution < -0.4 is 10.9 Å². The standard InChI is InChI=1S/C17H14F3N3O2S/c1-9-7-11-15(26-9)21-8-23(16(11)25)10(2)14(24)22-13-6-4-3-5-12(13)17(18,19)20/h3-8,10H,1-2H3,(H,22,24). The summed E-state index contributed by atoms with van der Waals surface area (Å²) in [7, 11) is 0. The van der Waals surface area contributed by atoms with Crippen molar-refractivity contribution in [2.24, 2.45) is 0 Å². The highest BCUT2D eigenvalue weighted by atomic mass is 32.1. The Balaban J connectivity index is 1.92. The summed E-state index contributed by atoms with van der Waals surface area (Å²) in [6, 6.07) is 5.33. The minimum Gasteiger partial charge on any atom is -0.324 e. The molecule has 5 nitrogen and oxygen atoms in total. The van der Waals surface area contributed by atoms with Gasteiger partial charge in [-0.2, -0.15) is 13.2 Å². The molecule has 0 aliphatic carbocycles. The summed E-state index contributed by atoms with van der Waals surface area (Å²) in [4.78, 5) is 30.6. The fourth-order valence-corrected chi connectivity index (χ4v) is 3.37. The summed E-state index contributed by atoms with van der Waals surface area (Å²) < 4.78 is 40.3. The van der Waals surface area contributed by atoms with Crippen molar-refractivity contribution in [3.05, 3.63) is 57.5 Å². The van der Waals surface area contributed by atoms with Crippen LogP contribution in [0.4, 0.5) is 18.9 Å². The van der Waals surface area contributed by atoms with Crippen LogP contribution in [0.2, 0.25) is 0 Å². The van der Waals surface area contributed by atoms with E-state index in [1.807, 2.05) is 6.92 Å². The third kappa shape index (κ3) is 3.34. The number of hydrogen-bond acceptors (Lipinski definition) is 4. The molecule has 0 aliphatic rings. The molecule has 26 heavy (non-hydrogen) atoms. The Morgan fingerprint density at radius 3 is 2.69 bits per heavy atom. The van der Waals surface area contributed by atoms with Gasteiger partial charge in [-0.1, -0.05) is 12.1 Å². The van der Waals surface area contributed by atoms with Crippen LogP contribution in [-0.4, -0.2) is 15.5 Å². The fraction of sp³-hybridized carbons (Fsp3) is 0.235. The van der Waals surface area contributed by atoms with Crippen molar-refractivity contribution in [1.29, 1.82) is 0 Å². The summed E-state index contributed by atoms with van der Waals surface area (Å²) >= 11 is 1.35. The lowest BCUT2D eigenvalue weighted by Gasteiger charge is -2.17. The number of alkyl halides is 3. The van der Waals surface area contributed by atoms with Crippen molar-refractivity contribution in [2.75, 3.05) is 5.32 Å². The van der Waals surface area contributed by atoms with E-state index in [0.29, 0.717) is 10.2 Å². The van der Waals surface area contributed by atoms with Gasteiger partial charge in [0.25, 0.3) is 5.56 Å². The van der Waals surface area contributed by atoms with E-state index >= 15 is 0 Å². The number of halogens is 3. The Kier molecular flexibility index (Phi) is 4.57. The molecule has 1 aromatic carbocycles. The van der Waals surface area contributed by atoms with E-state index in [1.165, 1.54) is 42.8 Å². The topological polar surface area (TPSA) is 64.0 Å². The molecule has 136 valence electrons. The molecule has 0 aliphatic heterocycles. The molecular weight excluding hydrogens is 367 g/mol. The summed E-state index contributed by atoms with van der Waals surface area (Å²) in [5.74, 6) is -0.739. The SMILES string of the molecule is Cc1cc2c(=O)n(C(C)C(=O)Nc3ccccc3C(F)(F)F)cnc2s1. The smallest absolute Gasteiger partial charge is 0.324 e. The van der Waals surface area contributed by atoms with Crippen LogP contribution in [0.5, 0.6) is 0 Å². The number of rotatable bonds is 3. The maximum atomic E-state index is 13.0. The van der Waals surface area contributed by atoms with Gasteiger partial charge in [0, 0.05) is 4.88 Å². The number of carbonyl (C=O) groups is 1. The number of amides is 1. The average molecular weight is 381 g/mol. The molecule has 1 atom stereocenters. The first-order valence-corrected chi connectivity index (χ1v) is 8.44. The number of aryl methyl sites for hydroxylation is 1. The first-order valence-electron chi connectivity index (χ1n) is 7.63. The predicted octanol–water partition coefficient (Wildman–Crippen LogP) is 3.98. The molecule has 0 fully saturated rings. The number of fused-ring (bicyclic) bond motifs is 1. The number of anilines is 1. The zero-order chi connectivity index (χ0) is 19.1. The summed E-state index contributed by atoms with van der Waals surface area (Å²) in [5.41, 5.74) is -1.72. The van der Waals surface area contributed by atoms with E-state index in [9.17, 15) is 22.8 Å². The van der Waals surface area contributed by atoms with Gasteiger partial charge < -0.3 is 5.32 Å². The summed E-state index contributed by atoms with van der Waals surface area (Å²) in [6.45, 7) is 3.26. The molecule has 0 spiro atoms. The van der Waals surface area contributed by atoms with E-state index < -0.39 is 29.2 Å². The van der Waals surface area contributed by atoms with Crippen molar-refractivity contribution >= 4 is 33.1 Å². The number of aromatic nitrogens is 2. The maximum Gasteiger partial charge on any atom is 0.418 e. The van der Waals surface area contributed by atoms with Crippen molar-refractivity contribution in [3.8, 4) is 0 Å². The van der Waals surface area contributed by atoms with Crippen molar-refractivity contribution in [3.63, 3.8) is 0 Å². The molecule has 9 heteroatoms. The van der Waals surface area contributed by atoms with Crippen LogP contribution in [0.15, 0.2) is 41.5 Å². The lowest BCUT2D eigenvalue weighted by atomic mass is 10.1. The summed E-state index contributed by atoms with van der Waals surface area (Å²) in [6.07, 6.45) is -3.36. The van der Waals surface area contributed by atoms with Gasteiger partial charge in [0.2, 0.25) is 5.91 Å². The highest BCUT2D eigenvalue weighted by Gasteiger charge is 2.34. The Morgan fingerprint density at radius 1 is 1.31 bits per heavy atom. The molecule has 0 saturated carbocycles. The van der Waals surface area contributed by atoms with Crippen LogP contribution in [0.1, 0.15) is 23.4 Å². The molecule has 2 aromatic heterocycles. The number of nitrogens with one attached hydrogen (secondary N) is 1. The number of carbonyl (C=O) groups excluding carboxylic acids is 1. The lowest BCUT2D eigenvalue weighted by molar-refractivity contribution is -0.137. The number of thiophene rings is 1. The molecule has 1 unspecified atom stereocenters. The quantitative estimate of drug-likeness (QED) is 0.746. The largest absolute Gasteiger partial charge is 0.418 e. The molecule has 0 saturated heterocycles. The molecule has 1 amide bonds. The van der Waals surface area contributed by atoms with Gasteiger partial charge in [-0.15, -0.1) is 11.3 Å². The highest BCUT2D eigenvalue weighted by molar-refractivity contribution is 7.18. The minimum atomic E-state index is -4.60. The number of nitrogens with zero attached hydrogens (tertiary/aromatic N) is 2. The van der Waals surface area contributed by atoms with Crippen molar-refractivity contribution < 1.29 is 18.0 Å². The molecule has 1 N–H and O–H groups in total. The lowest BCUT2D eigenvalue weighted by Crippen LogP contribution is -2.32. The van der Waals surface area contributed by atoms with E-state index in [4.69, 9.17) is 0 Å². The first kappa shape index (κ1) is 18.1. The van der Waals surface area contributed by atoms with E-state index in [1.54, 1.807) is 6.07 Å². The molecule has 3 aromatic rings. The predicted molar refractivity (Wildman–Crippen MR) is 93.4 cm³/mol. The van der Waals surface area contributed by atoms with Gasteiger partial charge in [-0.3, -0.25) is 14.2 Å². The van der Waals surface area contributed by atoms with Gasteiger partial charge in [0.15, 0.2) is 0 Å².